The van der Waals surface area contributed by atoms with Crippen LogP contribution in [-0.2, 0) is 4.74 Å². The predicted octanol–water partition coefficient (Wildman–Crippen LogP) is 3.65. The molecule has 1 saturated heterocycles. The van der Waals surface area contributed by atoms with Crippen molar-refractivity contribution in [1.29, 1.82) is 0 Å². The van der Waals surface area contributed by atoms with Gasteiger partial charge in [0, 0.05) is 20.8 Å². The Hall–Kier alpha value is 0.1000. The van der Waals surface area contributed by atoms with Crippen LogP contribution < -0.4 is 5.32 Å². The third kappa shape index (κ3) is 2.21. The summed E-state index contributed by atoms with van der Waals surface area (Å²) in [5.74, 6) is 0. The van der Waals surface area contributed by atoms with E-state index in [1.54, 1.807) is 0 Å². The molecule has 2 heterocycles. The molecule has 1 N–H and O–H groups in total. The summed E-state index contributed by atoms with van der Waals surface area (Å²) in [5.41, 5.74) is -0.0609. The first-order chi connectivity index (χ1) is 7.57. The normalized spacial score (nSPS) is 27.2. The lowest BCUT2D eigenvalue weighted by molar-refractivity contribution is -0.00965. The predicted molar refractivity (Wildman–Crippen MR) is 72.1 cm³/mol. The summed E-state index contributed by atoms with van der Waals surface area (Å²) < 4.78 is 7.14. The fraction of sp³-hybridized carbons (Fsp3) is 0.667. The molecule has 1 aliphatic heterocycles. The fourth-order valence-electron chi connectivity index (χ4n) is 2.44. The fourth-order valence-corrected chi connectivity index (χ4v) is 4.57. The zero-order valence-corrected chi connectivity index (χ0v) is 12.4. The second-order valence-electron chi connectivity index (χ2n) is 4.56. The van der Waals surface area contributed by atoms with Gasteiger partial charge in [0.15, 0.2) is 0 Å². The van der Waals surface area contributed by atoms with E-state index in [0.717, 1.165) is 19.4 Å². The molecule has 0 bridgehead atoms. The summed E-state index contributed by atoms with van der Waals surface area (Å²) in [4.78, 5) is 2.69. The minimum Gasteiger partial charge on any atom is -0.373 e. The number of rotatable bonds is 3. The van der Waals surface area contributed by atoms with Crippen molar-refractivity contribution in [1.82, 2.24) is 5.32 Å². The first kappa shape index (κ1) is 12.6. The molecule has 1 fully saturated rings. The lowest BCUT2D eigenvalue weighted by atomic mass is 9.92. The molecule has 0 spiro atoms. The average Bonchev–Trinajstić information content (AvgIpc) is 2.76. The second-order valence-corrected chi connectivity index (χ2v) is 6.70. The largest absolute Gasteiger partial charge is 0.373 e. The number of nitrogens with one attached hydrogen (secondary N) is 1. The highest BCUT2D eigenvalue weighted by Crippen LogP contribution is 2.42. The van der Waals surface area contributed by atoms with Gasteiger partial charge in [-0.05, 0) is 55.7 Å². The molecule has 1 aliphatic rings. The minimum atomic E-state index is -0.0609. The molecule has 90 valence electrons. The molecule has 16 heavy (non-hydrogen) atoms. The zero-order valence-electron chi connectivity index (χ0n) is 9.97. The molecule has 0 aliphatic carbocycles. The first-order valence-corrected chi connectivity index (χ1v) is 7.25. The highest BCUT2D eigenvalue weighted by molar-refractivity contribution is 9.10. The van der Waals surface area contributed by atoms with Gasteiger partial charge < -0.3 is 10.1 Å². The third-order valence-corrected chi connectivity index (χ3v) is 5.28. The number of thiophene rings is 1. The Morgan fingerprint density at radius 2 is 2.38 bits per heavy atom. The third-order valence-electron chi connectivity index (χ3n) is 3.25. The molecule has 0 saturated carbocycles. The van der Waals surface area contributed by atoms with E-state index in [0.29, 0.717) is 0 Å². The van der Waals surface area contributed by atoms with Gasteiger partial charge in [0.05, 0.1) is 11.6 Å². The summed E-state index contributed by atoms with van der Waals surface area (Å²) in [5, 5.41) is 3.41. The van der Waals surface area contributed by atoms with Crippen molar-refractivity contribution in [2.24, 2.45) is 0 Å². The molecule has 0 radical (unpaired) electrons. The van der Waals surface area contributed by atoms with Crippen LogP contribution in [0.3, 0.4) is 0 Å². The topological polar surface area (TPSA) is 21.3 Å². The maximum atomic E-state index is 5.94. The zero-order chi connectivity index (χ0) is 11.8. The SMILES string of the molecule is CNC(c1sc(C)cc1Br)C1(C)CCCO1. The monoisotopic (exact) mass is 303 g/mol. The number of ether oxygens (including phenoxy) is 1. The van der Waals surface area contributed by atoms with Crippen molar-refractivity contribution in [2.75, 3.05) is 13.7 Å². The molecule has 0 amide bonds. The van der Waals surface area contributed by atoms with E-state index < -0.39 is 0 Å². The van der Waals surface area contributed by atoms with Crippen LogP contribution >= 0.6 is 27.3 Å². The molecule has 4 heteroatoms. The first-order valence-electron chi connectivity index (χ1n) is 5.64. The van der Waals surface area contributed by atoms with Crippen molar-refractivity contribution in [3.05, 3.63) is 20.3 Å². The van der Waals surface area contributed by atoms with Crippen LogP contribution in [0.5, 0.6) is 0 Å². The van der Waals surface area contributed by atoms with E-state index in [2.05, 4.69) is 41.2 Å². The van der Waals surface area contributed by atoms with Crippen molar-refractivity contribution in [2.45, 2.75) is 38.3 Å². The van der Waals surface area contributed by atoms with Crippen molar-refractivity contribution >= 4 is 27.3 Å². The van der Waals surface area contributed by atoms with Gasteiger partial charge >= 0.3 is 0 Å². The van der Waals surface area contributed by atoms with Gasteiger partial charge in [-0.25, -0.2) is 0 Å². The van der Waals surface area contributed by atoms with E-state index in [4.69, 9.17) is 4.74 Å². The lowest BCUT2D eigenvalue weighted by Gasteiger charge is -2.32. The molecular formula is C12H18BrNOS. The van der Waals surface area contributed by atoms with E-state index in [1.165, 1.54) is 14.2 Å². The Morgan fingerprint density at radius 3 is 2.81 bits per heavy atom. The molecular weight excluding hydrogens is 286 g/mol. The number of hydrogen-bond acceptors (Lipinski definition) is 3. The van der Waals surface area contributed by atoms with Gasteiger partial charge in [-0.2, -0.15) is 0 Å². The van der Waals surface area contributed by atoms with Gasteiger partial charge in [-0.3, -0.25) is 0 Å². The van der Waals surface area contributed by atoms with Crippen LogP contribution in [0, 0.1) is 6.92 Å². The standard InChI is InChI=1S/C12H18BrNOS/c1-8-7-9(13)10(16-8)11(14-3)12(2)5-4-6-15-12/h7,11,14H,4-6H2,1-3H3. The smallest absolute Gasteiger partial charge is 0.0857 e. The Morgan fingerprint density at radius 1 is 1.62 bits per heavy atom. The van der Waals surface area contributed by atoms with Gasteiger partial charge in [0.1, 0.15) is 0 Å². The van der Waals surface area contributed by atoms with Crippen LogP contribution in [0.15, 0.2) is 10.5 Å². The second kappa shape index (κ2) is 4.77. The van der Waals surface area contributed by atoms with Gasteiger partial charge in [-0.1, -0.05) is 0 Å². The number of likely N-dealkylation sites (N-methyl/N-ethyl adjacent to an activating group) is 1. The summed E-state index contributed by atoms with van der Waals surface area (Å²) in [6, 6.07) is 2.46. The Balaban J connectivity index is 2.32. The van der Waals surface area contributed by atoms with E-state index in [9.17, 15) is 0 Å². The molecule has 2 nitrogen and oxygen atoms in total. The Bertz CT molecular complexity index is 371. The number of halogens is 1. The van der Waals surface area contributed by atoms with Crippen LogP contribution in [0.1, 0.15) is 35.6 Å². The van der Waals surface area contributed by atoms with Gasteiger partial charge in [0.25, 0.3) is 0 Å². The van der Waals surface area contributed by atoms with Crippen molar-refractivity contribution < 1.29 is 4.74 Å². The Kier molecular flexibility index (Phi) is 3.74. The molecule has 0 aromatic carbocycles. The lowest BCUT2D eigenvalue weighted by Crippen LogP contribution is -2.39. The summed E-state index contributed by atoms with van der Waals surface area (Å²) in [6.07, 6.45) is 2.29. The van der Waals surface area contributed by atoms with Gasteiger partial charge in [0.2, 0.25) is 0 Å². The van der Waals surface area contributed by atoms with E-state index in [-0.39, 0.29) is 11.6 Å². The maximum absolute atomic E-state index is 5.94. The van der Waals surface area contributed by atoms with Crippen LogP contribution in [-0.4, -0.2) is 19.3 Å². The highest BCUT2D eigenvalue weighted by Gasteiger charge is 2.40. The van der Waals surface area contributed by atoms with E-state index >= 15 is 0 Å². The van der Waals surface area contributed by atoms with Crippen molar-refractivity contribution in [3.8, 4) is 0 Å². The average molecular weight is 304 g/mol. The van der Waals surface area contributed by atoms with Crippen LogP contribution in [0.2, 0.25) is 0 Å². The summed E-state index contributed by atoms with van der Waals surface area (Å²) in [6.45, 7) is 5.24. The molecule has 2 unspecified atom stereocenters. The van der Waals surface area contributed by atoms with Crippen LogP contribution in [0.4, 0.5) is 0 Å². The molecule has 1 aromatic rings. The number of aryl methyl sites for hydroxylation is 1. The summed E-state index contributed by atoms with van der Waals surface area (Å²) >= 11 is 5.49. The highest BCUT2D eigenvalue weighted by atomic mass is 79.9. The molecule has 1 aromatic heterocycles. The molecule has 2 rings (SSSR count). The van der Waals surface area contributed by atoms with E-state index in [1.807, 2.05) is 18.4 Å². The molecule has 2 atom stereocenters. The Labute approximate surface area is 110 Å². The maximum Gasteiger partial charge on any atom is 0.0857 e. The number of hydrogen-bond donors (Lipinski definition) is 1. The summed E-state index contributed by atoms with van der Waals surface area (Å²) in [7, 11) is 2.01. The minimum absolute atomic E-state index is 0.0609. The quantitative estimate of drug-likeness (QED) is 0.920. The van der Waals surface area contributed by atoms with Crippen LogP contribution in [0.25, 0.3) is 0 Å². The van der Waals surface area contributed by atoms with Crippen molar-refractivity contribution in [3.63, 3.8) is 0 Å². The van der Waals surface area contributed by atoms with Gasteiger partial charge in [-0.15, -0.1) is 11.3 Å².